The van der Waals surface area contributed by atoms with Crippen LogP contribution in [0.4, 0.5) is 13.2 Å². The Labute approximate surface area is 266 Å². The van der Waals surface area contributed by atoms with E-state index in [1.165, 1.54) is 24.6 Å². The minimum Gasteiger partial charge on any atom is -0.341 e. The minimum absolute atomic E-state index is 0. The number of hydrogen-bond acceptors (Lipinski definition) is 4. The molecule has 2 saturated heterocycles. The van der Waals surface area contributed by atoms with Gasteiger partial charge in [-0.3, -0.25) is 4.79 Å². The van der Waals surface area contributed by atoms with Crippen molar-refractivity contribution < 1.29 is 18.0 Å². The Morgan fingerprint density at radius 2 is 1.39 bits per heavy atom. The third kappa shape index (κ3) is 8.62. The molecule has 44 heavy (non-hydrogen) atoms. The Kier molecular flexibility index (Phi) is 12.1. The molecule has 5 nitrogen and oxygen atoms in total. The normalized spacial score (nSPS) is 22.8. The predicted octanol–water partition coefficient (Wildman–Crippen LogP) is 7.17. The van der Waals surface area contributed by atoms with Crippen molar-refractivity contribution in [3.05, 3.63) is 107 Å². The quantitative estimate of drug-likeness (QED) is 0.314. The number of carbonyl (C=O) groups excluding carboxylic acids is 1. The molecule has 2 aliphatic heterocycles. The van der Waals surface area contributed by atoms with Gasteiger partial charge in [0.05, 0.1) is 16.6 Å². The van der Waals surface area contributed by atoms with Gasteiger partial charge in [0.15, 0.2) is 0 Å². The number of amides is 1. The highest BCUT2D eigenvalue weighted by Crippen LogP contribution is 2.35. The van der Waals surface area contributed by atoms with Gasteiger partial charge in [-0.15, -0.1) is 12.4 Å². The van der Waals surface area contributed by atoms with Gasteiger partial charge >= 0.3 is 6.18 Å². The highest BCUT2D eigenvalue weighted by Gasteiger charge is 2.39. The first kappa shape index (κ1) is 35.6. The summed E-state index contributed by atoms with van der Waals surface area (Å²) in [6.07, 6.45) is -0.431. The van der Waals surface area contributed by atoms with Crippen LogP contribution in [0.15, 0.2) is 78.9 Å². The Balaban J connectivity index is 0.000000295. The second kappa shape index (κ2) is 14.9. The number of halogens is 4. The first-order chi connectivity index (χ1) is 20.3. The van der Waals surface area contributed by atoms with E-state index in [1.54, 1.807) is 13.8 Å². The van der Waals surface area contributed by atoms with Crippen LogP contribution in [0.2, 0.25) is 0 Å². The van der Waals surface area contributed by atoms with Gasteiger partial charge in [0.25, 0.3) is 5.91 Å². The van der Waals surface area contributed by atoms with Gasteiger partial charge in [0.1, 0.15) is 0 Å². The van der Waals surface area contributed by atoms with E-state index in [-0.39, 0.29) is 29.8 Å². The minimum atomic E-state index is -4.43. The number of rotatable bonds is 5. The van der Waals surface area contributed by atoms with Gasteiger partial charge in [-0.05, 0) is 93.7 Å². The number of nitrogens with zero attached hydrogens (tertiary/aromatic N) is 2. The summed E-state index contributed by atoms with van der Waals surface area (Å²) in [4.78, 5) is 17.8. The summed E-state index contributed by atoms with van der Waals surface area (Å²) >= 11 is 0. The molecule has 0 radical (unpaired) electrons. The van der Waals surface area contributed by atoms with Gasteiger partial charge in [-0.2, -0.15) is 13.2 Å². The lowest BCUT2D eigenvalue weighted by Crippen LogP contribution is -2.55. The molecule has 2 fully saturated rings. The number of hydrogen-bond donors (Lipinski definition) is 2. The summed E-state index contributed by atoms with van der Waals surface area (Å²) in [6, 6.07) is 23.6. The van der Waals surface area contributed by atoms with Gasteiger partial charge in [-0.1, -0.05) is 74.5 Å². The first-order valence-electron chi connectivity index (χ1n) is 15.1. The third-order valence-corrected chi connectivity index (χ3v) is 8.67. The van der Waals surface area contributed by atoms with E-state index in [0.29, 0.717) is 17.7 Å². The van der Waals surface area contributed by atoms with Crippen LogP contribution in [-0.4, -0.2) is 56.0 Å². The number of nitrogens with two attached hydrogens (primary N) is 1. The highest BCUT2D eigenvalue weighted by molar-refractivity contribution is 5.96. The van der Waals surface area contributed by atoms with Crippen molar-refractivity contribution in [3.8, 4) is 0 Å². The Morgan fingerprint density at radius 1 is 0.841 bits per heavy atom. The van der Waals surface area contributed by atoms with E-state index < -0.39 is 17.3 Å². The van der Waals surface area contributed by atoms with Crippen LogP contribution >= 0.6 is 12.4 Å². The number of likely N-dealkylation sites (N-methyl/N-ethyl adjacent to an activating group) is 2. The van der Waals surface area contributed by atoms with E-state index in [2.05, 4.69) is 46.4 Å². The maximum Gasteiger partial charge on any atom is 0.416 e. The summed E-state index contributed by atoms with van der Waals surface area (Å²) in [5, 5.41) is 3.19. The molecule has 0 aromatic heterocycles. The molecule has 2 heterocycles. The lowest BCUT2D eigenvalue weighted by atomic mass is 9.81. The molecule has 2 atom stereocenters. The molecule has 0 saturated carbocycles. The second-order valence-electron chi connectivity index (χ2n) is 12.6. The van der Waals surface area contributed by atoms with Crippen LogP contribution in [0, 0.1) is 0 Å². The fraction of sp³-hybridized carbons (Fsp3) is 0.457. The monoisotopic (exact) mass is 630 g/mol. The zero-order valence-corrected chi connectivity index (χ0v) is 27.0. The van der Waals surface area contributed by atoms with Crippen molar-refractivity contribution in [2.45, 2.75) is 62.7 Å². The zero-order valence-electron chi connectivity index (χ0n) is 26.2. The van der Waals surface area contributed by atoms with Crippen LogP contribution in [0.25, 0.3) is 0 Å². The van der Waals surface area contributed by atoms with Crippen LogP contribution in [0.1, 0.15) is 78.1 Å². The lowest BCUT2D eigenvalue weighted by Gasteiger charge is -2.42. The summed E-state index contributed by atoms with van der Waals surface area (Å²) < 4.78 is 39.5. The number of benzene rings is 3. The van der Waals surface area contributed by atoms with Crippen LogP contribution in [0.5, 0.6) is 0 Å². The maximum absolute atomic E-state index is 13.3. The largest absolute Gasteiger partial charge is 0.416 e. The summed E-state index contributed by atoms with van der Waals surface area (Å²) in [5.41, 5.74) is 7.99. The molecule has 9 heteroatoms. The number of alkyl halides is 3. The molecule has 0 bridgehead atoms. The standard InChI is InChI=1S/C23H27F3N2O.C12H18N2.ClH/c1-16(2)20-14-18(23(24,25)26)10-11-19(20)21(29)27-22(12-7-13-28(3)15-22)17-8-5-4-6-9-17;1-14-9-5-8-12(13,10-14)11-6-3-2-4-7-11;/h4-6,8-11,14,16H,7,12-13,15H2,1-3H3,(H,27,29);2-4,6-7H,5,8-10,13H2,1H3;1H. The summed E-state index contributed by atoms with van der Waals surface area (Å²) in [7, 11) is 4.16. The molecule has 2 aliphatic rings. The molecule has 3 aromatic rings. The number of nitrogens with one attached hydrogen (secondary N) is 1. The molecule has 1 amide bonds. The van der Waals surface area contributed by atoms with Gasteiger partial charge in [-0.25, -0.2) is 0 Å². The molecule has 240 valence electrons. The molecule has 0 aliphatic carbocycles. The number of piperidine rings is 2. The van der Waals surface area contributed by atoms with E-state index in [9.17, 15) is 18.0 Å². The molecular weight excluding hydrogens is 585 g/mol. The van der Waals surface area contributed by atoms with Crippen molar-refractivity contribution in [1.82, 2.24) is 15.1 Å². The smallest absolute Gasteiger partial charge is 0.341 e. The Bertz CT molecular complexity index is 1360. The van der Waals surface area contributed by atoms with Crippen molar-refractivity contribution in [3.63, 3.8) is 0 Å². The van der Waals surface area contributed by atoms with E-state index in [4.69, 9.17) is 5.73 Å². The van der Waals surface area contributed by atoms with Crippen molar-refractivity contribution in [2.75, 3.05) is 40.3 Å². The Morgan fingerprint density at radius 3 is 1.91 bits per heavy atom. The van der Waals surface area contributed by atoms with Crippen molar-refractivity contribution >= 4 is 18.3 Å². The predicted molar refractivity (Wildman–Crippen MR) is 174 cm³/mol. The maximum atomic E-state index is 13.3. The fourth-order valence-electron chi connectivity index (χ4n) is 6.45. The zero-order chi connectivity index (χ0) is 31.3. The summed E-state index contributed by atoms with van der Waals surface area (Å²) in [5.74, 6) is -0.540. The van der Waals surface area contributed by atoms with Gasteiger partial charge < -0.3 is 20.9 Å². The van der Waals surface area contributed by atoms with E-state index in [1.807, 2.05) is 43.4 Å². The third-order valence-electron chi connectivity index (χ3n) is 8.67. The van der Waals surface area contributed by atoms with E-state index in [0.717, 1.165) is 50.0 Å². The van der Waals surface area contributed by atoms with Crippen molar-refractivity contribution in [1.29, 1.82) is 0 Å². The molecule has 5 rings (SSSR count). The second-order valence-corrected chi connectivity index (χ2v) is 12.6. The SMILES string of the molecule is CC(C)c1cc(C(F)(F)F)ccc1C(=O)NC1(c2ccccc2)CCCN(C)C1.CN1CCCC(N)(c2ccccc2)C1.Cl. The summed E-state index contributed by atoms with van der Waals surface area (Å²) in [6.45, 7) is 7.34. The van der Waals surface area contributed by atoms with Crippen LogP contribution in [0.3, 0.4) is 0 Å². The topological polar surface area (TPSA) is 61.6 Å². The number of likely N-dealkylation sites (tertiary alicyclic amines) is 2. The van der Waals surface area contributed by atoms with Crippen molar-refractivity contribution in [2.24, 2.45) is 5.73 Å². The van der Waals surface area contributed by atoms with Crippen LogP contribution in [-0.2, 0) is 17.3 Å². The van der Waals surface area contributed by atoms with E-state index >= 15 is 0 Å². The molecule has 2 unspecified atom stereocenters. The fourth-order valence-corrected chi connectivity index (χ4v) is 6.45. The molecular formula is C35H46ClF3N4O. The Hall–Kier alpha value is -2.91. The molecule has 3 N–H and O–H groups in total. The first-order valence-corrected chi connectivity index (χ1v) is 15.1. The lowest BCUT2D eigenvalue weighted by molar-refractivity contribution is -0.137. The highest BCUT2D eigenvalue weighted by atomic mass is 35.5. The number of carbonyl (C=O) groups is 1. The van der Waals surface area contributed by atoms with Gasteiger partial charge in [0, 0.05) is 18.7 Å². The molecule has 0 spiro atoms. The average Bonchev–Trinajstić information content (AvgIpc) is 2.97. The molecule has 3 aromatic carbocycles. The van der Waals surface area contributed by atoms with Gasteiger partial charge in [0.2, 0.25) is 0 Å². The van der Waals surface area contributed by atoms with Crippen LogP contribution < -0.4 is 11.1 Å². The average molecular weight is 631 g/mol.